The van der Waals surface area contributed by atoms with Crippen LogP contribution in [0.4, 0.5) is 0 Å². The molecular formula is C29H51N9O6S. The van der Waals surface area contributed by atoms with E-state index in [4.69, 9.17) is 23.7 Å². The van der Waals surface area contributed by atoms with Crippen LogP contribution in [-0.2, 0) is 30.4 Å². The molecule has 0 saturated heterocycles. The van der Waals surface area contributed by atoms with Crippen molar-refractivity contribution in [2.24, 2.45) is 17.4 Å². The van der Waals surface area contributed by atoms with Gasteiger partial charge in [-0.15, -0.1) is 0 Å². The van der Waals surface area contributed by atoms with Crippen LogP contribution in [0, 0.1) is 5.92 Å². The third-order valence-corrected chi connectivity index (χ3v) is 7.05. The van der Waals surface area contributed by atoms with Gasteiger partial charge in [0, 0.05) is 24.9 Å². The molecule has 0 aliphatic carbocycles. The Morgan fingerprint density at radius 1 is 0.889 bits per heavy atom. The first-order valence-electron chi connectivity index (χ1n) is 15.4. The van der Waals surface area contributed by atoms with Crippen LogP contribution in [-0.4, -0.2) is 93.0 Å². The van der Waals surface area contributed by atoms with E-state index in [0.717, 1.165) is 0 Å². The average molecular weight is 654 g/mol. The molecule has 11 N–H and O–H groups in total. The molecule has 0 aliphatic rings. The molecule has 1 heterocycles. The molecule has 254 valence electrons. The zero-order valence-electron chi connectivity index (χ0n) is 26.7. The zero-order valence-corrected chi connectivity index (χ0v) is 27.5. The van der Waals surface area contributed by atoms with E-state index < -0.39 is 59.8 Å². The number of H-pyrrole nitrogens is 1. The van der Waals surface area contributed by atoms with Gasteiger partial charge < -0.3 is 48.1 Å². The summed E-state index contributed by atoms with van der Waals surface area (Å²) in [6.07, 6.45) is 6.31. The fraction of sp³-hybridized carbons (Fsp3) is 0.690. The fourth-order valence-electron chi connectivity index (χ4n) is 4.40. The van der Waals surface area contributed by atoms with Crippen molar-refractivity contribution in [3.8, 4) is 0 Å². The molecule has 16 heteroatoms. The summed E-state index contributed by atoms with van der Waals surface area (Å²) in [6.45, 7) is 7.80. The number of rotatable bonds is 22. The second-order valence-corrected chi connectivity index (χ2v) is 12.1. The molecule has 0 unspecified atom stereocenters. The van der Waals surface area contributed by atoms with E-state index in [1.165, 1.54) is 13.3 Å². The van der Waals surface area contributed by atoms with Gasteiger partial charge in [-0.3, -0.25) is 24.0 Å². The molecule has 0 saturated carbocycles. The number of carboxylic acid groups (broad SMARTS) is 1. The summed E-state index contributed by atoms with van der Waals surface area (Å²) in [5.41, 5.74) is 12.4. The maximum Gasteiger partial charge on any atom is 0.325 e. The highest BCUT2D eigenvalue weighted by atomic mass is 32.1. The number of thiocarbonyl (C=S) groups is 1. The maximum atomic E-state index is 13.6. The Morgan fingerprint density at radius 3 is 1.96 bits per heavy atom. The van der Waals surface area contributed by atoms with Crippen molar-refractivity contribution in [2.75, 3.05) is 13.1 Å². The van der Waals surface area contributed by atoms with E-state index in [0.29, 0.717) is 49.5 Å². The van der Waals surface area contributed by atoms with E-state index in [2.05, 4.69) is 36.6 Å². The highest BCUT2D eigenvalue weighted by Crippen LogP contribution is 2.10. The number of hydrogen-bond acceptors (Lipinski definition) is 9. The van der Waals surface area contributed by atoms with Gasteiger partial charge in [0.05, 0.1) is 17.4 Å². The van der Waals surface area contributed by atoms with Crippen LogP contribution in [0.15, 0.2) is 12.5 Å². The number of hydrogen-bond donors (Lipinski definition) is 9. The molecule has 45 heavy (non-hydrogen) atoms. The van der Waals surface area contributed by atoms with Gasteiger partial charge in [0.2, 0.25) is 23.6 Å². The SMILES string of the molecule is CC(=S)NCCCC[C@H](NC(=O)[C@H](CCCCN)NC(=O)[C@@H](N)Cc1cnc[nH]1)C(=O)N[C@@H](CC(C)C)C(=O)N[C@@H](C)C(=O)O. The minimum Gasteiger partial charge on any atom is -0.480 e. The minimum absolute atomic E-state index is 0.00807. The van der Waals surface area contributed by atoms with Crippen molar-refractivity contribution in [2.45, 2.75) is 109 Å². The topological polar surface area (TPSA) is 246 Å². The van der Waals surface area contributed by atoms with Crippen molar-refractivity contribution >= 4 is 46.8 Å². The summed E-state index contributed by atoms with van der Waals surface area (Å²) in [6, 6.07) is -5.17. The molecule has 1 aromatic rings. The number of nitrogens with zero attached hydrogens (tertiary/aromatic N) is 1. The molecule has 0 spiro atoms. The lowest BCUT2D eigenvalue weighted by Gasteiger charge is -2.27. The first-order chi connectivity index (χ1) is 21.2. The molecule has 0 aliphatic heterocycles. The molecule has 1 rings (SSSR count). The average Bonchev–Trinajstić information content (AvgIpc) is 3.47. The summed E-state index contributed by atoms with van der Waals surface area (Å²) < 4.78 is 0. The van der Waals surface area contributed by atoms with Gasteiger partial charge >= 0.3 is 5.97 Å². The smallest absolute Gasteiger partial charge is 0.325 e. The van der Waals surface area contributed by atoms with Gasteiger partial charge in [-0.25, -0.2) is 4.98 Å². The number of nitrogens with two attached hydrogens (primary N) is 2. The predicted octanol–water partition coefficient (Wildman–Crippen LogP) is -0.394. The Hall–Kier alpha value is -3.63. The summed E-state index contributed by atoms with van der Waals surface area (Å²) >= 11 is 5.04. The highest BCUT2D eigenvalue weighted by Gasteiger charge is 2.31. The molecule has 0 radical (unpaired) electrons. The van der Waals surface area contributed by atoms with Gasteiger partial charge in [0.15, 0.2) is 0 Å². The molecule has 5 atom stereocenters. The van der Waals surface area contributed by atoms with E-state index in [1.54, 1.807) is 13.1 Å². The van der Waals surface area contributed by atoms with Gasteiger partial charge in [0.1, 0.15) is 24.2 Å². The number of imidazole rings is 1. The van der Waals surface area contributed by atoms with Crippen molar-refractivity contribution in [1.82, 2.24) is 36.6 Å². The summed E-state index contributed by atoms with van der Waals surface area (Å²) in [5, 5.41) is 22.8. The molecule has 4 amide bonds. The van der Waals surface area contributed by atoms with Crippen LogP contribution in [0.1, 0.15) is 78.3 Å². The Kier molecular flexibility index (Phi) is 18.5. The fourth-order valence-corrected chi connectivity index (χ4v) is 4.50. The van der Waals surface area contributed by atoms with E-state index in [1.807, 2.05) is 13.8 Å². The van der Waals surface area contributed by atoms with Crippen molar-refractivity contribution < 1.29 is 29.1 Å². The third-order valence-electron chi connectivity index (χ3n) is 6.91. The molecule has 0 aromatic carbocycles. The van der Waals surface area contributed by atoms with E-state index >= 15 is 0 Å². The van der Waals surface area contributed by atoms with Crippen LogP contribution in [0.25, 0.3) is 0 Å². The summed E-state index contributed by atoms with van der Waals surface area (Å²) in [7, 11) is 0. The Bertz CT molecular complexity index is 1100. The zero-order chi connectivity index (χ0) is 33.9. The number of aromatic amines is 1. The van der Waals surface area contributed by atoms with Crippen molar-refractivity contribution in [1.29, 1.82) is 0 Å². The maximum absolute atomic E-state index is 13.6. The second-order valence-electron chi connectivity index (χ2n) is 11.5. The van der Waals surface area contributed by atoms with E-state index in [9.17, 15) is 29.1 Å². The largest absolute Gasteiger partial charge is 0.480 e. The van der Waals surface area contributed by atoms with Crippen molar-refractivity contribution in [3.63, 3.8) is 0 Å². The van der Waals surface area contributed by atoms with Crippen LogP contribution < -0.4 is 38.1 Å². The van der Waals surface area contributed by atoms with E-state index in [-0.39, 0.29) is 31.6 Å². The summed E-state index contributed by atoms with van der Waals surface area (Å²) in [4.78, 5) is 71.7. The van der Waals surface area contributed by atoms with Gasteiger partial charge in [-0.1, -0.05) is 26.1 Å². The molecular weight excluding hydrogens is 602 g/mol. The van der Waals surface area contributed by atoms with Crippen LogP contribution >= 0.6 is 12.2 Å². The molecule has 15 nitrogen and oxygen atoms in total. The van der Waals surface area contributed by atoms with Crippen LogP contribution in [0.2, 0.25) is 0 Å². The lowest BCUT2D eigenvalue weighted by molar-refractivity contribution is -0.142. The monoisotopic (exact) mass is 653 g/mol. The first kappa shape index (κ1) is 39.4. The first-order valence-corrected chi connectivity index (χ1v) is 15.8. The molecule has 1 aromatic heterocycles. The lowest BCUT2D eigenvalue weighted by atomic mass is 10.0. The normalized spacial score (nSPS) is 14.4. The van der Waals surface area contributed by atoms with Crippen LogP contribution in [0.3, 0.4) is 0 Å². The van der Waals surface area contributed by atoms with Gasteiger partial charge in [-0.05, 0) is 71.3 Å². The second kappa shape index (κ2) is 21.2. The Morgan fingerprint density at radius 2 is 1.44 bits per heavy atom. The lowest BCUT2D eigenvalue weighted by Crippen LogP contribution is -2.58. The Balaban J connectivity index is 3.12. The summed E-state index contributed by atoms with van der Waals surface area (Å²) in [5.74, 6) is -3.58. The standard InChI is InChI=1S/C29H51N9O6S/c1-17(2)13-24(28(42)35-18(3)29(43)44)38-27(41)23(10-6-8-12-33-19(4)45)37-26(40)22(9-5-7-11-30)36-25(39)21(31)14-20-15-32-16-34-20/h15-18,21-24H,5-14,30-31H2,1-4H3,(H,32,34)(H,33,45)(H,35,42)(H,36,39)(H,37,40)(H,38,41)(H,43,44)/t18-,21-,22-,23-,24-/m0/s1. The minimum atomic E-state index is -1.21. The number of aliphatic carboxylic acids is 1. The number of carbonyl (C=O) groups excluding carboxylic acids is 4. The number of nitrogens with one attached hydrogen (secondary N) is 6. The number of carboxylic acids is 1. The van der Waals surface area contributed by atoms with Crippen LogP contribution in [0.5, 0.6) is 0 Å². The number of aromatic nitrogens is 2. The number of unbranched alkanes of at least 4 members (excludes halogenated alkanes) is 2. The number of carbonyl (C=O) groups is 5. The Labute approximate surface area is 270 Å². The predicted molar refractivity (Wildman–Crippen MR) is 174 cm³/mol. The van der Waals surface area contributed by atoms with Crippen molar-refractivity contribution in [3.05, 3.63) is 18.2 Å². The molecule has 0 bridgehead atoms. The molecule has 0 fully saturated rings. The quantitative estimate of drug-likeness (QED) is 0.0576. The third kappa shape index (κ3) is 16.3. The van der Waals surface area contributed by atoms with Gasteiger partial charge in [-0.2, -0.15) is 0 Å². The number of amides is 4. The van der Waals surface area contributed by atoms with Gasteiger partial charge in [0.25, 0.3) is 0 Å². The highest BCUT2D eigenvalue weighted by molar-refractivity contribution is 7.80.